The van der Waals surface area contributed by atoms with Crippen LogP contribution in [0.15, 0.2) is 66.7 Å². The van der Waals surface area contributed by atoms with E-state index in [-0.39, 0.29) is 6.54 Å². The highest BCUT2D eigenvalue weighted by atomic mass is 35.5. The lowest BCUT2D eigenvalue weighted by atomic mass is 10.0. The first kappa shape index (κ1) is 25.4. The summed E-state index contributed by atoms with van der Waals surface area (Å²) < 4.78 is 49.1. The van der Waals surface area contributed by atoms with Crippen LogP contribution in [0.4, 0.5) is 18.9 Å². The SMILES string of the molecule is COc1ccc(N(CCc2ccc(C(F)(F)F)cc2)C(=O)C(N)c2ccccc2OC)cc1Cl. The van der Waals surface area contributed by atoms with Crippen molar-refractivity contribution in [3.05, 3.63) is 88.4 Å². The van der Waals surface area contributed by atoms with Crippen LogP contribution in [-0.2, 0) is 17.4 Å². The van der Waals surface area contributed by atoms with Crippen molar-refractivity contribution in [2.75, 3.05) is 25.7 Å². The van der Waals surface area contributed by atoms with Gasteiger partial charge in [-0.1, -0.05) is 41.9 Å². The predicted octanol–water partition coefficient (Wildman–Crippen LogP) is 5.65. The Morgan fingerprint density at radius 2 is 1.65 bits per heavy atom. The first-order valence-electron chi connectivity index (χ1n) is 10.3. The monoisotopic (exact) mass is 492 g/mol. The first-order valence-corrected chi connectivity index (χ1v) is 10.7. The van der Waals surface area contributed by atoms with Gasteiger partial charge in [-0.2, -0.15) is 13.2 Å². The molecule has 5 nitrogen and oxygen atoms in total. The Hall–Kier alpha value is -3.23. The number of hydrogen-bond donors (Lipinski definition) is 1. The van der Waals surface area contributed by atoms with Crippen LogP contribution in [0, 0.1) is 0 Å². The smallest absolute Gasteiger partial charge is 0.416 e. The zero-order valence-electron chi connectivity index (χ0n) is 18.6. The van der Waals surface area contributed by atoms with Gasteiger partial charge in [0.2, 0.25) is 5.91 Å². The molecule has 3 aromatic rings. The Morgan fingerprint density at radius 1 is 1.00 bits per heavy atom. The number of carbonyl (C=O) groups is 1. The van der Waals surface area contributed by atoms with Crippen molar-refractivity contribution < 1.29 is 27.4 Å². The third-order valence-electron chi connectivity index (χ3n) is 5.36. The highest BCUT2D eigenvalue weighted by molar-refractivity contribution is 6.32. The van der Waals surface area contributed by atoms with Crippen molar-refractivity contribution >= 4 is 23.2 Å². The molecule has 0 spiro atoms. The predicted molar refractivity (Wildman–Crippen MR) is 125 cm³/mol. The molecule has 0 aromatic heterocycles. The zero-order valence-corrected chi connectivity index (χ0v) is 19.4. The van der Waals surface area contributed by atoms with Crippen molar-refractivity contribution in [3.63, 3.8) is 0 Å². The molecule has 3 aromatic carbocycles. The van der Waals surface area contributed by atoms with E-state index in [9.17, 15) is 18.0 Å². The van der Waals surface area contributed by atoms with Gasteiger partial charge >= 0.3 is 6.18 Å². The normalized spacial score (nSPS) is 12.2. The van der Waals surface area contributed by atoms with E-state index in [2.05, 4.69) is 0 Å². The van der Waals surface area contributed by atoms with Gasteiger partial charge in [0.05, 0.1) is 24.8 Å². The van der Waals surface area contributed by atoms with E-state index in [1.165, 1.54) is 31.3 Å². The molecule has 3 rings (SSSR count). The summed E-state index contributed by atoms with van der Waals surface area (Å²) in [7, 11) is 2.97. The Balaban J connectivity index is 1.90. The third kappa shape index (κ3) is 5.81. The lowest BCUT2D eigenvalue weighted by Crippen LogP contribution is -2.40. The maximum atomic E-state index is 13.5. The molecule has 0 bridgehead atoms. The summed E-state index contributed by atoms with van der Waals surface area (Å²) in [6.45, 7) is 0.162. The fourth-order valence-electron chi connectivity index (χ4n) is 3.52. The van der Waals surface area contributed by atoms with Gasteiger partial charge in [-0.3, -0.25) is 4.79 Å². The van der Waals surface area contributed by atoms with Crippen LogP contribution in [-0.4, -0.2) is 26.7 Å². The maximum absolute atomic E-state index is 13.5. The van der Waals surface area contributed by atoms with E-state index in [1.807, 2.05) is 0 Å². The summed E-state index contributed by atoms with van der Waals surface area (Å²) >= 11 is 6.28. The second-order valence-electron chi connectivity index (χ2n) is 7.47. The molecule has 0 radical (unpaired) electrons. The molecular weight excluding hydrogens is 469 g/mol. The van der Waals surface area contributed by atoms with Crippen molar-refractivity contribution in [2.24, 2.45) is 5.73 Å². The van der Waals surface area contributed by atoms with Gasteiger partial charge in [0, 0.05) is 17.8 Å². The number of benzene rings is 3. The molecule has 0 aliphatic rings. The van der Waals surface area contributed by atoms with Crippen LogP contribution >= 0.6 is 11.6 Å². The Bertz CT molecular complexity index is 1140. The quantitative estimate of drug-likeness (QED) is 0.441. The Kier molecular flexibility index (Phi) is 8.06. The molecule has 0 saturated heterocycles. The van der Waals surface area contributed by atoms with Crippen LogP contribution in [0.2, 0.25) is 5.02 Å². The van der Waals surface area contributed by atoms with Gasteiger partial charge in [0.1, 0.15) is 17.5 Å². The van der Waals surface area contributed by atoms with Gasteiger partial charge in [-0.25, -0.2) is 0 Å². The van der Waals surface area contributed by atoms with E-state index in [0.717, 1.165) is 12.1 Å². The molecule has 1 atom stereocenters. The zero-order chi connectivity index (χ0) is 24.9. The number of alkyl halides is 3. The number of ether oxygens (including phenoxy) is 2. The summed E-state index contributed by atoms with van der Waals surface area (Å²) in [4.78, 5) is 15.0. The summed E-state index contributed by atoms with van der Waals surface area (Å²) in [6.07, 6.45) is -4.12. The molecule has 0 aliphatic heterocycles. The lowest BCUT2D eigenvalue weighted by Gasteiger charge is -2.27. The van der Waals surface area contributed by atoms with Crippen LogP contribution in [0.1, 0.15) is 22.7 Å². The molecule has 34 heavy (non-hydrogen) atoms. The summed E-state index contributed by atoms with van der Waals surface area (Å²) in [5, 5.41) is 0.304. The average molecular weight is 493 g/mol. The van der Waals surface area contributed by atoms with E-state index in [1.54, 1.807) is 42.5 Å². The summed E-state index contributed by atoms with van der Waals surface area (Å²) in [5.41, 5.74) is 7.22. The van der Waals surface area contributed by atoms with E-state index in [4.69, 9.17) is 26.8 Å². The number of nitrogens with zero attached hydrogens (tertiary/aromatic N) is 1. The maximum Gasteiger partial charge on any atom is 0.416 e. The molecule has 1 amide bonds. The van der Waals surface area contributed by atoms with Crippen molar-refractivity contribution in [1.82, 2.24) is 0 Å². The number of rotatable bonds is 8. The minimum atomic E-state index is -4.41. The number of amides is 1. The molecule has 9 heteroatoms. The van der Waals surface area contributed by atoms with Crippen molar-refractivity contribution in [3.8, 4) is 11.5 Å². The Labute approximate surface area is 200 Å². The van der Waals surface area contributed by atoms with Gasteiger partial charge < -0.3 is 20.1 Å². The number of carbonyl (C=O) groups excluding carboxylic acids is 1. The highest BCUT2D eigenvalue weighted by Crippen LogP contribution is 2.32. The molecular formula is C25H24ClF3N2O3. The topological polar surface area (TPSA) is 64.8 Å². The van der Waals surface area contributed by atoms with E-state index in [0.29, 0.717) is 39.8 Å². The number of methoxy groups -OCH3 is 2. The van der Waals surface area contributed by atoms with Crippen molar-refractivity contribution in [1.29, 1.82) is 0 Å². The number of para-hydroxylation sites is 1. The van der Waals surface area contributed by atoms with Crippen molar-refractivity contribution in [2.45, 2.75) is 18.6 Å². The molecule has 0 saturated carbocycles. The molecule has 0 fully saturated rings. The van der Waals surface area contributed by atoms with Crippen LogP contribution in [0.25, 0.3) is 0 Å². The van der Waals surface area contributed by atoms with Gasteiger partial charge in [0.25, 0.3) is 0 Å². The summed E-state index contributed by atoms with van der Waals surface area (Å²) in [6, 6.07) is 15.6. The van der Waals surface area contributed by atoms with E-state index >= 15 is 0 Å². The molecule has 180 valence electrons. The fraction of sp³-hybridized carbons (Fsp3) is 0.240. The minimum Gasteiger partial charge on any atom is -0.496 e. The molecule has 2 N–H and O–H groups in total. The van der Waals surface area contributed by atoms with Crippen LogP contribution < -0.4 is 20.1 Å². The summed E-state index contributed by atoms with van der Waals surface area (Å²) in [5.74, 6) is 0.492. The van der Waals surface area contributed by atoms with E-state index < -0.39 is 23.7 Å². The molecule has 0 heterocycles. The molecule has 1 unspecified atom stereocenters. The number of hydrogen-bond acceptors (Lipinski definition) is 4. The highest BCUT2D eigenvalue weighted by Gasteiger charge is 2.30. The Morgan fingerprint density at radius 3 is 2.24 bits per heavy atom. The van der Waals surface area contributed by atoms with Gasteiger partial charge in [0.15, 0.2) is 0 Å². The minimum absolute atomic E-state index is 0.162. The fourth-order valence-corrected chi connectivity index (χ4v) is 3.77. The number of nitrogens with two attached hydrogens (primary N) is 1. The molecule has 0 aliphatic carbocycles. The largest absolute Gasteiger partial charge is 0.496 e. The first-order chi connectivity index (χ1) is 16.2. The number of anilines is 1. The second-order valence-corrected chi connectivity index (χ2v) is 7.88. The number of halogens is 4. The van der Waals surface area contributed by atoms with Gasteiger partial charge in [-0.15, -0.1) is 0 Å². The third-order valence-corrected chi connectivity index (χ3v) is 5.65. The second kappa shape index (κ2) is 10.8. The van der Waals surface area contributed by atoms with Gasteiger partial charge in [-0.05, 0) is 48.4 Å². The standard InChI is InChI=1S/C25H24ClF3N2O3/c1-33-21-6-4-3-5-19(21)23(30)24(32)31(18-11-12-22(34-2)20(26)15-18)14-13-16-7-9-17(10-8-16)25(27,28)29/h3-12,15,23H,13-14,30H2,1-2H3. The lowest BCUT2D eigenvalue weighted by molar-refractivity contribution is -0.137. The van der Waals surface area contributed by atoms with Crippen LogP contribution in [0.3, 0.4) is 0 Å². The van der Waals surface area contributed by atoms with Crippen LogP contribution in [0.5, 0.6) is 11.5 Å². The average Bonchev–Trinajstić information content (AvgIpc) is 2.83.